The van der Waals surface area contributed by atoms with Crippen molar-refractivity contribution in [3.05, 3.63) is 75.4 Å². The highest BCUT2D eigenvalue weighted by molar-refractivity contribution is 14.1. The molecule has 0 bridgehead atoms. The minimum Gasteiger partial charge on any atom is -0.481 e. The van der Waals surface area contributed by atoms with Crippen LogP contribution in [-0.2, 0) is 34.1 Å². The normalized spacial score (nSPS) is 16.0. The van der Waals surface area contributed by atoms with Gasteiger partial charge in [-0.05, 0) is 104 Å². The molecule has 6 N–H and O–H groups in total. The summed E-state index contributed by atoms with van der Waals surface area (Å²) in [6.45, 7) is 11.2. The maximum atomic E-state index is 12.2. The van der Waals surface area contributed by atoms with Crippen molar-refractivity contribution in [3.63, 3.8) is 0 Å². The topological polar surface area (TPSA) is 234 Å². The maximum absolute atomic E-state index is 12.2. The van der Waals surface area contributed by atoms with Gasteiger partial charge < -0.3 is 35.8 Å². The van der Waals surface area contributed by atoms with Crippen molar-refractivity contribution in [2.24, 2.45) is 11.8 Å². The first-order valence-electron chi connectivity index (χ1n) is 16.8. The van der Waals surface area contributed by atoms with E-state index in [-0.39, 0.29) is 29.9 Å². The summed E-state index contributed by atoms with van der Waals surface area (Å²) in [7, 11) is 0. The van der Waals surface area contributed by atoms with Gasteiger partial charge in [0.2, 0.25) is 5.91 Å². The second-order valence-electron chi connectivity index (χ2n) is 14.2. The zero-order valence-electron chi connectivity index (χ0n) is 30.7. The van der Waals surface area contributed by atoms with E-state index in [1.54, 1.807) is 32.9 Å². The molecule has 53 heavy (non-hydrogen) atoms. The molecular weight excluding hydrogens is 803 g/mol. The molecule has 0 aliphatic heterocycles. The summed E-state index contributed by atoms with van der Waals surface area (Å²) < 4.78 is 5.96. The molecule has 2 aromatic rings. The fourth-order valence-corrected chi connectivity index (χ4v) is 5.22. The van der Waals surface area contributed by atoms with Crippen LogP contribution in [0.5, 0.6) is 0 Å². The lowest BCUT2D eigenvalue weighted by Crippen LogP contribution is -2.43. The summed E-state index contributed by atoms with van der Waals surface area (Å²) in [4.78, 5) is 77.5. The molecular formula is C38H49IN2O12. The Kier molecular flexibility index (Phi) is 18.9. The number of carbonyl (C=O) groups is 7. The average Bonchev–Trinajstić information content (AvgIpc) is 3.05. The van der Waals surface area contributed by atoms with Crippen molar-refractivity contribution >= 4 is 69.9 Å². The third kappa shape index (κ3) is 19.0. The van der Waals surface area contributed by atoms with E-state index < -0.39 is 53.4 Å². The number of alkyl carbamates (subject to hydrolysis) is 1. The third-order valence-corrected chi connectivity index (χ3v) is 8.30. The average molecular weight is 853 g/mol. The van der Waals surface area contributed by atoms with Gasteiger partial charge in [0.05, 0.1) is 11.8 Å². The SMILES string of the molecule is CC(C)(C)OC(=O)N[C@H](CCC(=O)O)C(=O)O.CC(C)(C)c1ccc(C(=O)C=CC(=O)O)cc1.O=C(Nc1ccc(I)cc1)[C@H]1CCCC[C@H]1C(=O)O. The van der Waals surface area contributed by atoms with Crippen molar-refractivity contribution in [1.29, 1.82) is 0 Å². The van der Waals surface area contributed by atoms with Crippen LogP contribution < -0.4 is 10.6 Å². The molecule has 1 aliphatic carbocycles. The fourth-order valence-electron chi connectivity index (χ4n) is 4.86. The first-order valence-corrected chi connectivity index (χ1v) is 17.9. The van der Waals surface area contributed by atoms with Gasteiger partial charge in [-0.2, -0.15) is 0 Å². The zero-order chi connectivity index (χ0) is 40.5. The molecule has 2 amide bonds. The first kappa shape index (κ1) is 46.2. The van der Waals surface area contributed by atoms with Gasteiger partial charge in [-0.1, -0.05) is 57.9 Å². The molecule has 14 nitrogen and oxygen atoms in total. The molecule has 15 heteroatoms. The molecule has 2 aromatic carbocycles. The first-order chi connectivity index (χ1) is 24.5. The Hall–Kier alpha value is -4.80. The largest absolute Gasteiger partial charge is 0.481 e. The van der Waals surface area contributed by atoms with E-state index in [4.69, 9.17) is 20.1 Å². The number of hydrogen-bond acceptors (Lipinski definition) is 8. The van der Waals surface area contributed by atoms with Gasteiger partial charge in [0.25, 0.3) is 0 Å². The quantitative estimate of drug-likeness (QED) is 0.0782. The summed E-state index contributed by atoms with van der Waals surface area (Å²) in [6.07, 6.45) is 3.58. The number of carbonyl (C=O) groups excluding carboxylic acids is 3. The number of allylic oxidation sites excluding steroid dienone is 1. The predicted octanol–water partition coefficient (Wildman–Crippen LogP) is 6.76. The number of hydrogen-bond donors (Lipinski definition) is 6. The Balaban J connectivity index is 0.000000399. The molecule has 0 saturated heterocycles. The van der Waals surface area contributed by atoms with Crippen molar-refractivity contribution in [2.75, 3.05) is 5.32 Å². The highest BCUT2D eigenvalue weighted by Gasteiger charge is 2.35. The second-order valence-corrected chi connectivity index (χ2v) is 15.4. The van der Waals surface area contributed by atoms with Crippen molar-refractivity contribution in [3.8, 4) is 0 Å². The molecule has 290 valence electrons. The zero-order valence-corrected chi connectivity index (χ0v) is 32.8. The lowest BCUT2D eigenvalue weighted by Gasteiger charge is -2.27. The second kappa shape index (κ2) is 21.7. The Bertz CT molecular complexity index is 1610. The number of carboxylic acid groups (broad SMARTS) is 4. The minimum absolute atomic E-state index is 0.0402. The Labute approximate surface area is 322 Å². The predicted molar refractivity (Wildman–Crippen MR) is 205 cm³/mol. The van der Waals surface area contributed by atoms with Gasteiger partial charge in [0, 0.05) is 27.3 Å². The van der Waals surface area contributed by atoms with Crippen LogP contribution in [0.15, 0.2) is 60.7 Å². The Morgan fingerprint density at radius 1 is 0.811 bits per heavy atom. The maximum Gasteiger partial charge on any atom is 0.408 e. The number of nitrogens with one attached hydrogen (secondary N) is 2. The molecule has 1 fully saturated rings. The number of anilines is 1. The van der Waals surface area contributed by atoms with Gasteiger partial charge in [-0.3, -0.25) is 19.2 Å². The van der Waals surface area contributed by atoms with E-state index in [2.05, 4.69) is 54.0 Å². The van der Waals surface area contributed by atoms with Crippen LogP contribution in [-0.4, -0.2) is 73.7 Å². The number of carboxylic acids is 4. The molecule has 0 radical (unpaired) electrons. The van der Waals surface area contributed by atoms with E-state index in [0.717, 1.165) is 39.8 Å². The monoisotopic (exact) mass is 852 g/mol. The smallest absolute Gasteiger partial charge is 0.408 e. The third-order valence-electron chi connectivity index (χ3n) is 7.58. The minimum atomic E-state index is -1.29. The van der Waals surface area contributed by atoms with Gasteiger partial charge in [-0.25, -0.2) is 14.4 Å². The van der Waals surface area contributed by atoms with E-state index in [0.29, 0.717) is 18.4 Å². The van der Waals surface area contributed by atoms with Crippen LogP contribution in [0.2, 0.25) is 0 Å². The molecule has 1 saturated carbocycles. The van der Waals surface area contributed by atoms with Crippen LogP contribution in [0, 0.1) is 15.4 Å². The standard InChI is InChI=1S/C14H16INO3.C14H16O3.C10H17NO6/c15-9-5-7-10(8-6-9)16-13(17)11-3-1-2-4-12(11)14(18)19;1-14(2,3)11-6-4-10(5-7-11)12(15)8-9-13(16)17;1-10(2,3)17-9(16)11-6(8(14)15)4-5-7(12)13/h5-8,11-12H,1-4H2,(H,16,17)(H,18,19);4-9H,1-3H3,(H,16,17);6H,4-5H2,1-3H3,(H,11,16)(H,12,13)(H,14,15)/t11-,12+;;6-/m0.1/s1. The van der Waals surface area contributed by atoms with E-state index >= 15 is 0 Å². The van der Waals surface area contributed by atoms with Gasteiger partial charge in [0.1, 0.15) is 11.6 Å². The summed E-state index contributed by atoms with van der Waals surface area (Å²) in [6, 6.07) is 13.4. The van der Waals surface area contributed by atoms with Crippen LogP contribution in [0.1, 0.15) is 96.0 Å². The van der Waals surface area contributed by atoms with Crippen molar-refractivity contribution in [2.45, 2.75) is 97.1 Å². The number of amides is 2. The Morgan fingerprint density at radius 2 is 1.36 bits per heavy atom. The molecule has 0 spiro atoms. The molecule has 0 unspecified atom stereocenters. The number of ketones is 1. The number of benzene rings is 2. The summed E-state index contributed by atoms with van der Waals surface area (Å²) in [5.74, 6) is -5.82. The Morgan fingerprint density at radius 3 is 1.81 bits per heavy atom. The number of ether oxygens (including phenoxy) is 1. The van der Waals surface area contributed by atoms with Crippen LogP contribution in [0.3, 0.4) is 0 Å². The highest BCUT2D eigenvalue weighted by Crippen LogP contribution is 2.31. The lowest BCUT2D eigenvalue weighted by atomic mass is 9.78. The van der Waals surface area contributed by atoms with Gasteiger partial charge in [-0.15, -0.1) is 0 Å². The summed E-state index contributed by atoms with van der Waals surface area (Å²) in [5.41, 5.74) is 1.66. The lowest BCUT2D eigenvalue weighted by molar-refractivity contribution is -0.147. The van der Waals surface area contributed by atoms with Crippen LogP contribution in [0.4, 0.5) is 10.5 Å². The number of halogens is 1. The van der Waals surface area contributed by atoms with Gasteiger partial charge >= 0.3 is 30.0 Å². The number of rotatable bonds is 11. The summed E-state index contributed by atoms with van der Waals surface area (Å²) in [5, 5.41) is 39.7. The highest BCUT2D eigenvalue weighted by atomic mass is 127. The van der Waals surface area contributed by atoms with Gasteiger partial charge in [0.15, 0.2) is 5.78 Å². The fraction of sp³-hybridized carbons (Fsp3) is 0.447. The van der Waals surface area contributed by atoms with E-state index in [1.165, 1.54) is 0 Å². The summed E-state index contributed by atoms with van der Waals surface area (Å²) >= 11 is 2.19. The number of aliphatic carboxylic acids is 4. The molecule has 0 heterocycles. The molecule has 3 rings (SSSR count). The van der Waals surface area contributed by atoms with Crippen LogP contribution >= 0.6 is 22.6 Å². The van der Waals surface area contributed by atoms with Crippen LogP contribution in [0.25, 0.3) is 0 Å². The van der Waals surface area contributed by atoms with E-state index in [1.807, 2.05) is 36.4 Å². The molecule has 1 aliphatic rings. The molecule has 3 atom stereocenters. The van der Waals surface area contributed by atoms with Crippen molar-refractivity contribution < 1.29 is 58.7 Å². The van der Waals surface area contributed by atoms with E-state index in [9.17, 15) is 38.7 Å². The molecule has 0 aromatic heterocycles. The van der Waals surface area contributed by atoms with Crippen molar-refractivity contribution in [1.82, 2.24) is 5.32 Å².